The van der Waals surface area contributed by atoms with Crippen molar-refractivity contribution in [3.8, 4) is 0 Å². The van der Waals surface area contributed by atoms with Crippen LogP contribution in [0, 0.1) is 0 Å². The van der Waals surface area contributed by atoms with E-state index in [0.717, 1.165) is 29.5 Å². The summed E-state index contributed by atoms with van der Waals surface area (Å²) in [5.41, 5.74) is 2.81. The minimum absolute atomic E-state index is 0.225. The van der Waals surface area contributed by atoms with Crippen LogP contribution in [0.5, 0.6) is 0 Å². The third-order valence-electron chi connectivity index (χ3n) is 10.6. The molecule has 0 N–H and O–H groups in total. The van der Waals surface area contributed by atoms with Gasteiger partial charge in [-0.05, 0) is 39.4 Å². The number of hydrogen-bond acceptors (Lipinski definition) is 7. The maximum absolute atomic E-state index is 7.52. The highest BCUT2D eigenvalue weighted by Gasteiger charge is 2.61. The molecule has 1 unspecified atom stereocenters. The lowest BCUT2D eigenvalue weighted by Crippen LogP contribution is -2.68. The molecule has 6 atom stereocenters. The molecule has 56 heavy (non-hydrogen) atoms. The second-order valence-electron chi connectivity index (χ2n) is 15.4. The van der Waals surface area contributed by atoms with Gasteiger partial charge in [0.1, 0.15) is 24.4 Å². The molecule has 8 heteroatoms. The molecule has 2 aliphatic rings. The first-order valence-electron chi connectivity index (χ1n) is 19.7. The first-order valence-corrected chi connectivity index (χ1v) is 21.6. The predicted molar refractivity (Wildman–Crippen MR) is 222 cm³/mol. The van der Waals surface area contributed by atoms with Gasteiger partial charge in [-0.25, -0.2) is 0 Å². The van der Waals surface area contributed by atoms with Gasteiger partial charge in [0, 0.05) is 5.56 Å². The van der Waals surface area contributed by atoms with Gasteiger partial charge in [-0.15, -0.1) is 6.58 Å². The van der Waals surface area contributed by atoms with Crippen LogP contribution in [0.25, 0.3) is 0 Å². The van der Waals surface area contributed by atoms with Crippen LogP contribution in [-0.4, -0.2) is 52.2 Å². The minimum Gasteiger partial charge on any atom is -0.405 e. The molecule has 2 fully saturated rings. The van der Waals surface area contributed by atoms with E-state index in [0.29, 0.717) is 19.8 Å². The highest BCUT2D eigenvalue weighted by atomic mass is 28.4. The van der Waals surface area contributed by atoms with Crippen molar-refractivity contribution in [1.82, 2.24) is 0 Å². The topological polar surface area (TPSA) is 64.6 Å². The molecule has 0 aliphatic carbocycles. The van der Waals surface area contributed by atoms with Gasteiger partial charge in [-0.3, -0.25) is 4.74 Å². The maximum atomic E-state index is 7.52. The molecule has 0 amide bonds. The third-order valence-corrected chi connectivity index (χ3v) is 15.6. The molecular formula is C48H54O7Si. The smallest absolute Gasteiger partial charge is 0.314 e. The summed E-state index contributed by atoms with van der Waals surface area (Å²) in [4.78, 5) is 0. The quantitative estimate of drug-likeness (QED) is 0.0533. The predicted octanol–water partition coefficient (Wildman–Crippen LogP) is 8.67. The summed E-state index contributed by atoms with van der Waals surface area (Å²) in [7, 11) is -2.96. The first kappa shape index (κ1) is 40.0. The van der Waals surface area contributed by atoms with Gasteiger partial charge >= 0.3 is 5.97 Å². The molecular weight excluding hydrogens is 717 g/mol. The Kier molecular flexibility index (Phi) is 13.1. The summed E-state index contributed by atoms with van der Waals surface area (Å²) in [6.45, 7) is 12.0. The third kappa shape index (κ3) is 8.84. The Morgan fingerprint density at radius 3 is 1.68 bits per heavy atom. The van der Waals surface area contributed by atoms with E-state index < -0.39 is 45.0 Å². The van der Waals surface area contributed by atoms with E-state index in [4.69, 9.17) is 32.8 Å². The molecule has 7 nitrogen and oxygen atoms in total. The SMILES string of the molecule is C=CCCCOC1(c2ccccc2)O[C@@H]2O[C@H](CO[Si](c3ccccc3)(c3ccccc3)C(C)(C)C)[C@@H](OCc3ccccc3)[C@H](OCc3ccccc3)[C@@H]2O1. The highest BCUT2D eigenvalue weighted by molar-refractivity contribution is 6.99. The molecule has 2 aliphatic heterocycles. The molecule has 0 saturated carbocycles. The van der Waals surface area contributed by atoms with Crippen LogP contribution in [-0.2, 0) is 52.0 Å². The standard InChI is InChI=1S/C48H54O7Si/c1-5-6-22-33-51-48(39-27-16-9-17-28-39)54-45-44(50-35-38-25-14-8-15-26-38)43(49-34-37-23-12-7-13-24-37)42(53-46(45)55-48)36-52-56(47(2,3)4,40-29-18-10-19-30-40)41-31-20-11-21-32-41/h5,7-21,23-32,42-46H,1,6,22,33-36H2,2-4H3/t42-,43-,44+,45+,46+,48?/m1/s1. The van der Waals surface area contributed by atoms with Crippen molar-refractivity contribution in [3.63, 3.8) is 0 Å². The fourth-order valence-electron chi connectivity index (χ4n) is 7.85. The Balaban J connectivity index is 1.29. The fraction of sp³-hybridized carbons (Fsp3) is 0.333. The first-order chi connectivity index (χ1) is 27.3. The van der Waals surface area contributed by atoms with E-state index in [2.05, 4.69) is 112 Å². The zero-order valence-electron chi connectivity index (χ0n) is 32.7. The molecule has 7 rings (SSSR count). The summed E-state index contributed by atoms with van der Waals surface area (Å²) < 4.78 is 48.8. The van der Waals surface area contributed by atoms with Crippen molar-refractivity contribution < 1.29 is 32.8 Å². The molecule has 5 aromatic carbocycles. The second kappa shape index (κ2) is 18.4. The average molecular weight is 771 g/mol. The van der Waals surface area contributed by atoms with Crippen LogP contribution in [0.2, 0.25) is 5.04 Å². The number of rotatable bonds is 17. The Hall–Kier alpha value is -4.22. The van der Waals surface area contributed by atoms with Crippen molar-refractivity contribution in [2.75, 3.05) is 13.2 Å². The van der Waals surface area contributed by atoms with Crippen molar-refractivity contribution in [3.05, 3.63) is 181 Å². The molecule has 2 saturated heterocycles. The Labute approximate surface area is 333 Å². The summed E-state index contributed by atoms with van der Waals surface area (Å²) in [6, 6.07) is 51.4. The molecule has 5 aromatic rings. The molecule has 2 heterocycles. The van der Waals surface area contributed by atoms with Gasteiger partial charge in [0.25, 0.3) is 8.32 Å². The van der Waals surface area contributed by atoms with Gasteiger partial charge < -0.3 is 28.1 Å². The van der Waals surface area contributed by atoms with Gasteiger partial charge in [0.05, 0.1) is 26.4 Å². The monoisotopic (exact) mass is 770 g/mol. The van der Waals surface area contributed by atoms with Crippen LogP contribution in [0.1, 0.15) is 50.3 Å². The zero-order chi connectivity index (χ0) is 38.9. The maximum Gasteiger partial charge on any atom is 0.314 e. The van der Waals surface area contributed by atoms with E-state index in [-0.39, 0.29) is 11.6 Å². The number of unbranched alkanes of at least 4 members (excludes halogenated alkanes) is 1. The van der Waals surface area contributed by atoms with Gasteiger partial charge in [0.2, 0.25) is 0 Å². The minimum atomic E-state index is -2.96. The highest BCUT2D eigenvalue weighted by Crippen LogP contribution is 2.46. The van der Waals surface area contributed by atoms with Crippen LogP contribution in [0.4, 0.5) is 0 Å². The Bertz CT molecular complexity index is 1880. The summed E-state index contributed by atoms with van der Waals surface area (Å²) in [5, 5.41) is 2.12. The van der Waals surface area contributed by atoms with E-state index in [1.165, 1.54) is 10.4 Å². The number of allylic oxidation sites excluding steroid dienone is 1. The van der Waals surface area contributed by atoms with Gasteiger partial charge in [-0.2, -0.15) is 0 Å². The summed E-state index contributed by atoms with van der Waals surface area (Å²) in [6.07, 6.45) is 0.0836. The normalized spacial score (nSPS) is 23.7. The van der Waals surface area contributed by atoms with Crippen molar-refractivity contribution >= 4 is 18.7 Å². The van der Waals surface area contributed by atoms with Gasteiger partial charge in [0.15, 0.2) is 6.29 Å². The number of benzene rings is 5. The second-order valence-corrected chi connectivity index (χ2v) is 19.7. The van der Waals surface area contributed by atoms with Crippen LogP contribution >= 0.6 is 0 Å². The van der Waals surface area contributed by atoms with E-state index in [9.17, 15) is 0 Å². The van der Waals surface area contributed by atoms with Crippen molar-refractivity contribution in [2.45, 2.75) is 88.5 Å². The van der Waals surface area contributed by atoms with E-state index >= 15 is 0 Å². The lowest BCUT2D eigenvalue weighted by atomic mass is 9.98. The fourth-order valence-corrected chi connectivity index (χ4v) is 12.4. The molecule has 292 valence electrons. The molecule has 0 aromatic heterocycles. The van der Waals surface area contributed by atoms with E-state index in [1.54, 1.807) is 0 Å². The van der Waals surface area contributed by atoms with Crippen LogP contribution < -0.4 is 10.4 Å². The van der Waals surface area contributed by atoms with Crippen LogP contribution in [0.15, 0.2) is 164 Å². The molecule has 0 bridgehead atoms. The average Bonchev–Trinajstić information content (AvgIpc) is 3.62. The van der Waals surface area contributed by atoms with Crippen molar-refractivity contribution in [1.29, 1.82) is 0 Å². The number of hydrogen-bond donors (Lipinski definition) is 0. The number of ether oxygens (including phenoxy) is 6. The summed E-state index contributed by atoms with van der Waals surface area (Å²) >= 11 is 0. The van der Waals surface area contributed by atoms with Gasteiger partial charge in [-0.1, -0.05) is 179 Å². The molecule has 0 spiro atoms. The van der Waals surface area contributed by atoms with Crippen LogP contribution in [0.3, 0.4) is 0 Å². The number of fused-ring (bicyclic) bond motifs is 1. The lowest BCUT2D eigenvalue weighted by molar-refractivity contribution is -0.367. The largest absolute Gasteiger partial charge is 0.405 e. The zero-order valence-corrected chi connectivity index (χ0v) is 33.7. The lowest BCUT2D eigenvalue weighted by Gasteiger charge is -2.46. The van der Waals surface area contributed by atoms with Crippen molar-refractivity contribution in [2.24, 2.45) is 0 Å². The molecule has 0 radical (unpaired) electrons. The van der Waals surface area contributed by atoms with E-state index in [1.807, 2.05) is 72.8 Å². The summed E-state index contributed by atoms with van der Waals surface area (Å²) in [5.74, 6) is -1.52. The Morgan fingerprint density at radius 1 is 0.661 bits per heavy atom. The Morgan fingerprint density at radius 2 is 1.16 bits per heavy atom.